The third kappa shape index (κ3) is 3.32. The fourth-order valence-corrected chi connectivity index (χ4v) is 2.43. The lowest BCUT2D eigenvalue weighted by Gasteiger charge is -2.04. The molecule has 0 aliphatic carbocycles. The molecule has 106 valence electrons. The van der Waals surface area contributed by atoms with Crippen molar-refractivity contribution in [1.82, 2.24) is 20.2 Å². The molecule has 0 atom stereocenters. The second kappa shape index (κ2) is 5.84. The second-order valence-electron chi connectivity index (χ2n) is 4.53. The van der Waals surface area contributed by atoms with Gasteiger partial charge in [-0.05, 0) is 35.7 Å². The number of aryl methyl sites for hydroxylation is 1. The standard InChI is InChI=1S/C14H13N5OS/c1-10-4-6-11(7-5-10)15-13(20)9-19-17-14(16-18-19)12-3-2-8-21-12/h2-8H,9H2,1H3,(H,15,20). The van der Waals surface area contributed by atoms with Gasteiger partial charge in [-0.2, -0.15) is 4.80 Å². The number of aromatic nitrogens is 4. The summed E-state index contributed by atoms with van der Waals surface area (Å²) >= 11 is 1.53. The van der Waals surface area contributed by atoms with Gasteiger partial charge >= 0.3 is 0 Å². The van der Waals surface area contributed by atoms with E-state index in [1.807, 2.05) is 48.7 Å². The zero-order valence-electron chi connectivity index (χ0n) is 11.4. The van der Waals surface area contributed by atoms with E-state index < -0.39 is 0 Å². The molecule has 3 rings (SSSR count). The van der Waals surface area contributed by atoms with Crippen LogP contribution in [0.5, 0.6) is 0 Å². The maximum atomic E-state index is 11.9. The maximum absolute atomic E-state index is 11.9. The molecular weight excluding hydrogens is 286 g/mol. The van der Waals surface area contributed by atoms with Gasteiger partial charge in [0.1, 0.15) is 6.54 Å². The fraction of sp³-hybridized carbons (Fsp3) is 0.143. The van der Waals surface area contributed by atoms with Gasteiger partial charge in [0, 0.05) is 5.69 Å². The zero-order chi connectivity index (χ0) is 14.7. The molecule has 6 nitrogen and oxygen atoms in total. The average Bonchev–Trinajstić information content (AvgIpc) is 3.12. The minimum Gasteiger partial charge on any atom is -0.324 e. The number of tetrazole rings is 1. The Balaban J connectivity index is 1.64. The third-order valence-electron chi connectivity index (χ3n) is 2.81. The highest BCUT2D eigenvalue weighted by Gasteiger charge is 2.10. The number of benzene rings is 1. The Bertz CT molecular complexity index is 733. The highest BCUT2D eigenvalue weighted by atomic mass is 32.1. The van der Waals surface area contributed by atoms with E-state index in [-0.39, 0.29) is 12.5 Å². The Morgan fingerprint density at radius 1 is 1.29 bits per heavy atom. The summed E-state index contributed by atoms with van der Waals surface area (Å²) in [5.74, 6) is 0.349. The Morgan fingerprint density at radius 3 is 2.81 bits per heavy atom. The first-order valence-corrected chi connectivity index (χ1v) is 7.27. The lowest BCUT2D eigenvalue weighted by atomic mass is 10.2. The summed E-state index contributed by atoms with van der Waals surface area (Å²) in [6, 6.07) is 11.4. The molecular formula is C14H13N5OS. The van der Waals surface area contributed by atoms with Crippen LogP contribution in [0, 0.1) is 6.92 Å². The van der Waals surface area contributed by atoms with Crippen LogP contribution in [0.15, 0.2) is 41.8 Å². The molecule has 21 heavy (non-hydrogen) atoms. The van der Waals surface area contributed by atoms with Crippen LogP contribution in [0.25, 0.3) is 10.7 Å². The number of nitrogens with one attached hydrogen (secondary N) is 1. The molecule has 7 heteroatoms. The molecule has 1 N–H and O–H groups in total. The van der Waals surface area contributed by atoms with E-state index in [1.54, 1.807) is 0 Å². The number of nitrogens with zero attached hydrogens (tertiary/aromatic N) is 4. The van der Waals surface area contributed by atoms with Crippen molar-refractivity contribution in [3.05, 3.63) is 47.3 Å². The van der Waals surface area contributed by atoms with Crippen molar-refractivity contribution in [2.24, 2.45) is 0 Å². The molecule has 1 amide bonds. The van der Waals surface area contributed by atoms with Crippen molar-refractivity contribution in [2.75, 3.05) is 5.32 Å². The van der Waals surface area contributed by atoms with Gasteiger partial charge in [-0.1, -0.05) is 23.8 Å². The summed E-state index contributed by atoms with van der Waals surface area (Å²) in [6.45, 7) is 2.03. The minimum absolute atomic E-state index is 0.0340. The Hall–Kier alpha value is -2.54. The van der Waals surface area contributed by atoms with Gasteiger partial charge in [-0.15, -0.1) is 21.5 Å². The van der Waals surface area contributed by atoms with Gasteiger partial charge in [0.2, 0.25) is 11.7 Å². The second-order valence-corrected chi connectivity index (χ2v) is 5.48. The van der Waals surface area contributed by atoms with Gasteiger partial charge in [0.15, 0.2) is 0 Å². The number of hydrogen-bond acceptors (Lipinski definition) is 5. The molecule has 2 heterocycles. The van der Waals surface area contributed by atoms with Crippen LogP contribution in [-0.4, -0.2) is 26.1 Å². The molecule has 3 aromatic rings. The van der Waals surface area contributed by atoms with Crippen LogP contribution in [0.2, 0.25) is 0 Å². The molecule has 0 spiro atoms. The molecule has 0 fully saturated rings. The Labute approximate surface area is 125 Å². The van der Waals surface area contributed by atoms with Gasteiger partial charge in [-0.25, -0.2) is 0 Å². The molecule has 0 bridgehead atoms. The van der Waals surface area contributed by atoms with Crippen LogP contribution in [-0.2, 0) is 11.3 Å². The number of hydrogen-bond donors (Lipinski definition) is 1. The maximum Gasteiger partial charge on any atom is 0.248 e. The van der Waals surface area contributed by atoms with E-state index in [9.17, 15) is 4.79 Å². The van der Waals surface area contributed by atoms with Crippen LogP contribution < -0.4 is 5.32 Å². The van der Waals surface area contributed by atoms with E-state index in [1.165, 1.54) is 16.1 Å². The number of anilines is 1. The Kier molecular flexibility index (Phi) is 3.74. The zero-order valence-corrected chi connectivity index (χ0v) is 12.2. The Morgan fingerprint density at radius 2 is 2.10 bits per heavy atom. The van der Waals surface area contributed by atoms with Crippen molar-refractivity contribution < 1.29 is 4.79 Å². The van der Waals surface area contributed by atoms with Crippen LogP contribution in [0.3, 0.4) is 0 Å². The summed E-state index contributed by atoms with van der Waals surface area (Å²) in [6.07, 6.45) is 0. The monoisotopic (exact) mass is 299 g/mol. The highest BCUT2D eigenvalue weighted by molar-refractivity contribution is 7.13. The number of rotatable bonds is 4. The molecule has 2 aromatic heterocycles. The van der Waals surface area contributed by atoms with Crippen molar-refractivity contribution >= 4 is 22.9 Å². The summed E-state index contributed by atoms with van der Waals surface area (Å²) in [7, 11) is 0. The molecule has 0 radical (unpaired) electrons. The number of carbonyl (C=O) groups excluding carboxylic acids is 1. The van der Waals surface area contributed by atoms with E-state index in [0.717, 1.165) is 16.1 Å². The first kappa shape index (κ1) is 13.4. The lowest BCUT2D eigenvalue weighted by molar-refractivity contribution is -0.117. The van der Waals surface area contributed by atoms with Crippen molar-refractivity contribution in [3.63, 3.8) is 0 Å². The highest BCUT2D eigenvalue weighted by Crippen LogP contribution is 2.19. The summed E-state index contributed by atoms with van der Waals surface area (Å²) in [5, 5.41) is 16.8. The van der Waals surface area contributed by atoms with E-state index in [0.29, 0.717) is 5.82 Å². The van der Waals surface area contributed by atoms with Crippen molar-refractivity contribution in [2.45, 2.75) is 13.5 Å². The summed E-state index contributed by atoms with van der Waals surface area (Å²) in [5.41, 5.74) is 1.90. The molecule has 0 saturated carbocycles. The van der Waals surface area contributed by atoms with Gasteiger partial charge in [-0.3, -0.25) is 4.79 Å². The molecule has 1 aromatic carbocycles. The number of amides is 1. The predicted molar refractivity (Wildman–Crippen MR) is 80.9 cm³/mol. The third-order valence-corrected chi connectivity index (χ3v) is 3.68. The van der Waals surface area contributed by atoms with Gasteiger partial charge in [0.05, 0.1) is 4.88 Å². The normalized spacial score (nSPS) is 10.5. The topological polar surface area (TPSA) is 72.7 Å². The van der Waals surface area contributed by atoms with Crippen LogP contribution in [0.4, 0.5) is 5.69 Å². The predicted octanol–water partition coefficient (Wildman–Crippen LogP) is 2.35. The van der Waals surface area contributed by atoms with Gasteiger partial charge in [0.25, 0.3) is 0 Å². The van der Waals surface area contributed by atoms with E-state index in [2.05, 4.69) is 20.7 Å². The molecule has 0 unspecified atom stereocenters. The van der Waals surface area contributed by atoms with Crippen molar-refractivity contribution in [3.8, 4) is 10.7 Å². The van der Waals surface area contributed by atoms with Crippen molar-refractivity contribution in [1.29, 1.82) is 0 Å². The van der Waals surface area contributed by atoms with E-state index >= 15 is 0 Å². The SMILES string of the molecule is Cc1ccc(NC(=O)Cn2nnc(-c3cccs3)n2)cc1. The summed E-state index contributed by atoms with van der Waals surface area (Å²) in [4.78, 5) is 14.1. The first-order valence-electron chi connectivity index (χ1n) is 6.39. The van der Waals surface area contributed by atoms with Crippen LogP contribution >= 0.6 is 11.3 Å². The summed E-state index contributed by atoms with van der Waals surface area (Å²) < 4.78 is 0. The number of thiophene rings is 1. The number of carbonyl (C=O) groups is 1. The fourth-order valence-electron chi connectivity index (χ4n) is 1.78. The quantitative estimate of drug-likeness (QED) is 0.802. The van der Waals surface area contributed by atoms with Gasteiger partial charge < -0.3 is 5.32 Å². The largest absolute Gasteiger partial charge is 0.324 e. The molecule has 0 aliphatic heterocycles. The molecule has 0 aliphatic rings. The average molecular weight is 299 g/mol. The minimum atomic E-state index is -0.186. The first-order chi connectivity index (χ1) is 10.2. The van der Waals surface area contributed by atoms with Crippen LogP contribution in [0.1, 0.15) is 5.56 Å². The van der Waals surface area contributed by atoms with E-state index in [4.69, 9.17) is 0 Å². The molecule has 0 saturated heterocycles. The smallest absolute Gasteiger partial charge is 0.248 e. The lowest BCUT2D eigenvalue weighted by Crippen LogP contribution is -2.20.